The van der Waals surface area contributed by atoms with E-state index in [9.17, 15) is 19.2 Å². The van der Waals surface area contributed by atoms with Crippen molar-refractivity contribution in [1.82, 2.24) is 0 Å². The van der Waals surface area contributed by atoms with E-state index in [1.807, 2.05) is 31.2 Å². The van der Waals surface area contributed by atoms with E-state index in [1.165, 1.54) is 6.92 Å². The molecule has 11 heteroatoms. The summed E-state index contributed by atoms with van der Waals surface area (Å²) in [4.78, 5) is 51.9. The van der Waals surface area contributed by atoms with Gasteiger partial charge in [0.25, 0.3) is 0 Å². The van der Waals surface area contributed by atoms with Gasteiger partial charge in [-0.3, -0.25) is 4.79 Å². The number of carbonyl (C=O) groups is 4. The van der Waals surface area contributed by atoms with Gasteiger partial charge in [-0.15, -0.1) is 0 Å². The average Bonchev–Trinajstić information content (AvgIpc) is 3.20. The number of esters is 4. The first-order valence-corrected chi connectivity index (χ1v) is 18.1. The lowest BCUT2D eigenvalue weighted by atomic mass is 10.00. The third-order valence-corrected chi connectivity index (χ3v) is 9.13. The van der Waals surface area contributed by atoms with Crippen LogP contribution >= 0.6 is 11.6 Å². The molecular weight excluding hydrogens is 724 g/mol. The van der Waals surface area contributed by atoms with E-state index in [1.54, 1.807) is 103 Å². The van der Waals surface area contributed by atoms with Crippen LogP contribution in [0.4, 0.5) is 0 Å². The molecule has 1 aliphatic heterocycles. The van der Waals surface area contributed by atoms with Crippen molar-refractivity contribution in [2.75, 3.05) is 6.61 Å². The van der Waals surface area contributed by atoms with Crippen LogP contribution in [0.1, 0.15) is 66.7 Å². The number of halogens is 1. The zero-order valence-corrected chi connectivity index (χ0v) is 31.0. The largest absolute Gasteiger partial charge is 0.461 e. The summed E-state index contributed by atoms with van der Waals surface area (Å²) in [6, 6.07) is 36.5. The van der Waals surface area contributed by atoms with Crippen LogP contribution in [0, 0.1) is 6.92 Å². The van der Waals surface area contributed by atoms with Crippen LogP contribution in [-0.4, -0.2) is 55.1 Å². The van der Waals surface area contributed by atoms with Crippen LogP contribution in [0.2, 0.25) is 5.02 Å². The molecule has 6 rings (SSSR count). The molecule has 0 amide bonds. The number of ether oxygens (including phenoxy) is 6. The second-order valence-corrected chi connectivity index (χ2v) is 13.4. The number of benzene rings is 5. The summed E-state index contributed by atoms with van der Waals surface area (Å²) in [5.74, 6) is -2.20. The Bertz CT molecular complexity index is 2090. The quantitative estimate of drug-likeness (QED) is 0.0859. The molecule has 4 atom stereocenters. The lowest BCUT2D eigenvalue weighted by Crippen LogP contribution is -2.55. The van der Waals surface area contributed by atoms with Crippen molar-refractivity contribution in [3.63, 3.8) is 0 Å². The van der Waals surface area contributed by atoms with E-state index in [0.717, 1.165) is 11.1 Å². The van der Waals surface area contributed by atoms with E-state index in [2.05, 4.69) is 0 Å². The van der Waals surface area contributed by atoms with Crippen LogP contribution < -0.4 is 4.74 Å². The molecule has 1 saturated heterocycles. The fourth-order valence-corrected chi connectivity index (χ4v) is 6.26. The van der Waals surface area contributed by atoms with Crippen molar-refractivity contribution < 1.29 is 47.6 Å². The Morgan fingerprint density at radius 1 is 0.691 bits per heavy atom. The van der Waals surface area contributed by atoms with Crippen LogP contribution in [0.25, 0.3) is 0 Å². The van der Waals surface area contributed by atoms with Gasteiger partial charge in [0.15, 0.2) is 0 Å². The van der Waals surface area contributed by atoms with Crippen molar-refractivity contribution in [2.24, 2.45) is 0 Å². The Balaban J connectivity index is 1.38. The molecular formula is C44H39ClO10. The molecule has 1 heterocycles. The molecule has 0 unspecified atom stereocenters. The number of hydrogen-bond acceptors (Lipinski definition) is 10. The second kappa shape index (κ2) is 18.4. The summed E-state index contributed by atoms with van der Waals surface area (Å²) >= 11 is 6.91. The zero-order chi connectivity index (χ0) is 38.7. The third kappa shape index (κ3) is 10.6. The van der Waals surface area contributed by atoms with Crippen LogP contribution in [0.15, 0.2) is 127 Å². The van der Waals surface area contributed by atoms with Gasteiger partial charge in [-0.25, -0.2) is 14.4 Å². The number of hydrogen-bond donors (Lipinski definition) is 0. The second-order valence-electron chi connectivity index (χ2n) is 13.0. The third-order valence-electron chi connectivity index (χ3n) is 8.79. The number of carbonyl (C=O) groups excluding carboxylic acids is 4. The molecule has 55 heavy (non-hydrogen) atoms. The van der Waals surface area contributed by atoms with Crippen LogP contribution in [-0.2, 0) is 41.5 Å². The molecule has 0 radical (unpaired) electrons. The summed E-state index contributed by atoms with van der Waals surface area (Å²) in [5, 5.41) is 0.328. The Hall–Kier alpha value is -5.97. The van der Waals surface area contributed by atoms with Gasteiger partial charge in [0.1, 0.15) is 25.1 Å². The van der Waals surface area contributed by atoms with Crippen molar-refractivity contribution in [3.8, 4) is 5.75 Å². The number of rotatable bonds is 13. The first-order chi connectivity index (χ1) is 26.6. The van der Waals surface area contributed by atoms with E-state index in [4.69, 9.17) is 40.0 Å². The molecule has 5 aromatic carbocycles. The maximum Gasteiger partial charge on any atom is 0.338 e. The highest BCUT2D eigenvalue weighted by Crippen LogP contribution is 2.36. The smallest absolute Gasteiger partial charge is 0.338 e. The molecule has 0 bridgehead atoms. The first kappa shape index (κ1) is 38.7. The van der Waals surface area contributed by atoms with E-state index in [0.29, 0.717) is 28.1 Å². The van der Waals surface area contributed by atoms with Crippen molar-refractivity contribution in [3.05, 3.63) is 171 Å². The van der Waals surface area contributed by atoms with Gasteiger partial charge in [0, 0.05) is 30.4 Å². The predicted octanol–water partition coefficient (Wildman–Crippen LogP) is 8.10. The highest BCUT2D eigenvalue weighted by Gasteiger charge is 2.46. The molecule has 0 saturated carbocycles. The SMILES string of the molecule is CC(=O)OCc1cc(Cl)c(Cc2ccc(C)cc2)c(O[C@@H]2O[C@H](COC(=O)c3ccccc3)C[C@H](OC(=O)c3ccccc3)[C@H]2OC(=O)c2ccccc2)c1. The van der Waals surface area contributed by atoms with E-state index < -0.39 is 48.5 Å². The molecule has 1 aliphatic rings. The van der Waals surface area contributed by atoms with Crippen LogP contribution in [0.5, 0.6) is 5.75 Å². The standard InChI is InChI=1S/C44H39ClO10/c1-28-18-20-30(21-19-28)22-36-37(45)23-31(26-50-29(2)46)24-38(36)54-44-40(55-43(49)34-16-10-5-11-17-34)39(53-42(48)33-14-8-4-9-15-33)25-35(52-44)27-51-41(47)32-12-6-3-7-13-32/h3-21,23-24,35,39-40,44H,22,25-27H2,1-2H3/t35-,39-,40+,44-/m0/s1. The van der Waals surface area contributed by atoms with Gasteiger partial charge in [0.2, 0.25) is 12.4 Å². The van der Waals surface area contributed by atoms with Crippen LogP contribution in [0.3, 0.4) is 0 Å². The topological polar surface area (TPSA) is 124 Å². The zero-order valence-electron chi connectivity index (χ0n) is 30.2. The molecule has 282 valence electrons. The summed E-state index contributed by atoms with van der Waals surface area (Å²) in [7, 11) is 0. The fourth-order valence-electron chi connectivity index (χ4n) is 5.96. The minimum absolute atomic E-state index is 0.0172. The van der Waals surface area contributed by atoms with Gasteiger partial charge in [-0.2, -0.15) is 0 Å². The summed E-state index contributed by atoms with van der Waals surface area (Å²) < 4.78 is 36.2. The summed E-state index contributed by atoms with van der Waals surface area (Å²) in [6.45, 7) is 2.95. The Labute approximate surface area is 323 Å². The van der Waals surface area contributed by atoms with Crippen molar-refractivity contribution >= 4 is 35.5 Å². The van der Waals surface area contributed by atoms with Gasteiger partial charge >= 0.3 is 23.9 Å². The first-order valence-electron chi connectivity index (χ1n) is 17.7. The maximum atomic E-state index is 13.6. The monoisotopic (exact) mass is 762 g/mol. The van der Waals surface area contributed by atoms with Gasteiger partial charge in [0.05, 0.1) is 22.8 Å². The maximum absolute atomic E-state index is 13.6. The lowest BCUT2D eigenvalue weighted by Gasteiger charge is -2.40. The molecule has 0 N–H and O–H groups in total. The average molecular weight is 763 g/mol. The minimum atomic E-state index is -1.41. The summed E-state index contributed by atoms with van der Waals surface area (Å²) in [6.07, 6.45) is -4.40. The summed E-state index contributed by atoms with van der Waals surface area (Å²) in [5.41, 5.74) is 3.98. The molecule has 0 aliphatic carbocycles. The van der Waals surface area contributed by atoms with Gasteiger partial charge < -0.3 is 28.4 Å². The van der Waals surface area contributed by atoms with E-state index >= 15 is 0 Å². The lowest BCUT2D eigenvalue weighted by molar-refractivity contribution is -0.240. The molecule has 0 aromatic heterocycles. The Kier molecular flexibility index (Phi) is 12.9. The Morgan fingerprint density at radius 2 is 1.25 bits per heavy atom. The normalized spacial score (nSPS) is 17.7. The fraction of sp³-hybridized carbons (Fsp3) is 0.227. The minimum Gasteiger partial charge on any atom is -0.461 e. The number of aryl methyl sites for hydroxylation is 1. The van der Waals surface area contributed by atoms with Crippen molar-refractivity contribution in [1.29, 1.82) is 0 Å². The highest BCUT2D eigenvalue weighted by molar-refractivity contribution is 6.31. The molecule has 5 aromatic rings. The highest BCUT2D eigenvalue weighted by atomic mass is 35.5. The molecule has 1 fully saturated rings. The van der Waals surface area contributed by atoms with Crippen molar-refractivity contribution in [2.45, 2.75) is 57.9 Å². The van der Waals surface area contributed by atoms with E-state index in [-0.39, 0.29) is 36.5 Å². The molecule has 0 spiro atoms. The predicted molar refractivity (Wildman–Crippen MR) is 203 cm³/mol. The molecule has 10 nitrogen and oxygen atoms in total. The Morgan fingerprint density at radius 3 is 1.84 bits per heavy atom. The van der Waals surface area contributed by atoms with Gasteiger partial charge in [-0.05, 0) is 66.6 Å². The van der Waals surface area contributed by atoms with Gasteiger partial charge in [-0.1, -0.05) is 96.0 Å².